The second-order valence-corrected chi connectivity index (χ2v) is 11.9. The van der Waals surface area contributed by atoms with E-state index in [0.29, 0.717) is 37.2 Å². The fourth-order valence-electron chi connectivity index (χ4n) is 4.84. The van der Waals surface area contributed by atoms with Crippen molar-refractivity contribution in [3.8, 4) is 0 Å². The SMILES string of the molecule is Cc1cc(F)ccc1Nc1cc(S(=O)(=O)NC(=O)C2CC2(F)F)ncc1C(=O)N1CCC(c2ccc(F)cc2)CC1. The van der Waals surface area contributed by atoms with E-state index in [1.807, 2.05) is 0 Å². The molecule has 2 fully saturated rings. The molecule has 1 aliphatic heterocycles. The summed E-state index contributed by atoms with van der Waals surface area (Å²) in [6.07, 6.45) is 1.54. The summed E-state index contributed by atoms with van der Waals surface area (Å²) in [5, 5.41) is 2.29. The molecule has 1 saturated heterocycles. The van der Waals surface area contributed by atoms with E-state index in [9.17, 15) is 35.6 Å². The Morgan fingerprint density at radius 1 is 0.976 bits per heavy atom. The average molecular weight is 591 g/mol. The highest BCUT2D eigenvalue weighted by Crippen LogP contribution is 2.48. The Morgan fingerprint density at radius 2 is 1.61 bits per heavy atom. The third-order valence-corrected chi connectivity index (χ3v) is 8.59. The quantitative estimate of drug-likeness (QED) is 0.380. The number of carbonyl (C=O) groups excluding carboxylic acids is 2. The third kappa shape index (κ3) is 6.19. The van der Waals surface area contributed by atoms with Crippen molar-refractivity contribution in [2.24, 2.45) is 5.92 Å². The summed E-state index contributed by atoms with van der Waals surface area (Å²) in [4.78, 5) is 31.1. The van der Waals surface area contributed by atoms with Crippen molar-refractivity contribution < 1.29 is 35.6 Å². The summed E-state index contributed by atoms with van der Waals surface area (Å²) in [6, 6.07) is 11.1. The Hall–Kier alpha value is -4.00. The Morgan fingerprint density at radius 3 is 2.22 bits per heavy atom. The lowest BCUT2D eigenvalue weighted by Gasteiger charge is -2.32. The number of pyridine rings is 1. The largest absolute Gasteiger partial charge is 0.355 e. The van der Waals surface area contributed by atoms with Gasteiger partial charge >= 0.3 is 0 Å². The second-order valence-electron chi connectivity index (χ2n) is 10.3. The molecule has 1 atom stereocenters. The van der Waals surface area contributed by atoms with Gasteiger partial charge in [-0.3, -0.25) is 9.59 Å². The molecule has 0 bridgehead atoms. The minimum Gasteiger partial charge on any atom is -0.355 e. The highest BCUT2D eigenvalue weighted by molar-refractivity contribution is 7.90. The zero-order valence-corrected chi connectivity index (χ0v) is 22.7. The lowest BCUT2D eigenvalue weighted by atomic mass is 9.89. The van der Waals surface area contributed by atoms with Crippen LogP contribution in [0, 0.1) is 24.5 Å². The van der Waals surface area contributed by atoms with Gasteiger partial charge in [0.15, 0.2) is 5.03 Å². The summed E-state index contributed by atoms with van der Waals surface area (Å²) in [7, 11) is -4.65. The van der Waals surface area contributed by atoms with Crippen LogP contribution in [0.15, 0.2) is 59.8 Å². The number of anilines is 2. The predicted molar refractivity (Wildman–Crippen MR) is 141 cm³/mol. The topological polar surface area (TPSA) is 108 Å². The minimum atomic E-state index is -4.65. The number of sulfonamides is 1. The van der Waals surface area contributed by atoms with Crippen LogP contribution in [0.1, 0.15) is 46.7 Å². The van der Waals surface area contributed by atoms with Gasteiger partial charge in [-0.1, -0.05) is 12.1 Å². The number of nitrogens with zero attached hydrogens (tertiary/aromatic N) is 2. The number of aromatic nitrogens is 1. The molecule has 216 valence electrons. The van der Waals surface area contributed by atoms with Crippen LogP contribution in [0.5, 0.6) is 0 Å². The fraction of sp³-hybridized carbons (Fsp3) is 0.321. The number of piperidine rings is 1. The van der Waals surface area contributed by atoms with E-state index in [1.165, 1.54) is 30.3 Å². The van der Waals surface area contributed by atoms with Crippen molar-refractivity contribution >= 4 is 33.2 Å². The van der Waals surface area contributed by atoms with Gasteiger partial charge < -0.3 is 10.2 Å². The molecule has 2 aliphatic rings. The Balaban J connectivity index is 1.40. The van der Waals surface area contributed by atoms with Gasteiger partial charge in [0.05, 0.1) is 11.3 Å². The summed E-state index contributed by atoms with van der Waals surface area (Å²) >= 11 is 0. The first-order chi connectivity index (χ1) is 19.3. The molecule has 8 nitrogen and oxygen atoms in total. The van der Waals surface area contributed by atoms with Gasteiger partial charge in [-0.2, -0.15) is 8.42 Å². The molecule has 13 heteroatoms. The van der Waals surface area contributed by atoms with Gasteiger partial charge in [0.25, 0.3) is 21.9 Å². The molecule has 1 aliphatic carbocycles. The van der Waals surface area contributed by atoms with Crippen LogP contribution in [0.3, 0.4) is 0 Å². The molecule has 2 aromatic carbocycles. The van der Waals surface area contributed by atoms with E-state index in [4.69, 9.17) is 0 Å². The first-order valence-electron chi connectivity index (χ1n) is 12.9. The van der Waals surface area contributed by atoms with E-state index in [1.54, 1.807) is 28.7 Å². The van der Waals surface area contributed by atoms with Gasteiger partial charge in [-0.25, -0.2) is 27.3 Å². The number of nitrogens with one attached hydrogen (secondary N) is 2. The average Bonchev–Trinajstić information content (AvgIpc) is 3.58. The molecule has 2 amide bonds. The van der Waals surface area contributed by atoms with E-state index in [2.05, 4.69) is 10.3 Å². The molecule has 2 heterocycles. The van der Waals surface area contributed by atoms with E-state index >= 15 is 0 Å². The lowest BCUT2D eigenvalue weighted by Crippen LogP contribution is -2.38. The van der Waals surface area contributed by atoms with Crippen LogP contribution in [-0.2, 0) is 14.8 Å². The van der Waals surface area contributed by atoms with Crippen molar-refractivity contribution in [1.29, 1.82) is 0 Å². The Labute approximate surface area is 233 Å². The molecule has 41 heavy (non-hydrogen) atoms. The maximum atomic E-state index is 13.7. The van der Waals surface area contributed by atoms with Crippen LogP contribution in [-0.4, -0.2) is 49.1 Å². The minimum absolute atomic E-state index is 0.0185. The molecule has 1 saturated carbocycles. The molecular weight excluding hydrogens is 564 g/mol. The summed E-state index contributed by atoms with van der Waals surface area (Å²) in [5.41, 5.74) is 1.86. The fourth-order valence-corrected chi connectivity index (χ4v) is 5.82. The first-order valence-corrected chi connectivity index (χ1v) is 14.3. The molecule has 0 radical (unpaired) electrons. The standard InChI is InChI=1S/C28H26F4N4O4S/c1-16-12-20(30)6-7-23(16)34-24-13-25(41(39,40)35-26(37)22-14-28(22,31)32)33-15-21(24)27(38)36-10-8-18(9-11-36)17-2-4-19(29)5-3-17/h2-7,12-13,15,18,22H,8-11,14H2,1H3,(H,33,34)(H,35,37). The number of rotatable bonds is 7. The number of benzene rings is 2. The predicted octanol–water partition coefficient (Wildman–Crippen LogP) is 4.89. The molecule has 0 spiro atoms. The molecule has 3 aromatic rings. The van der Waals surface area contributed by atoms with Crippen LogP contribution in [0.25, 0.3) is 0 Å². The van der Waals surface area contributed by atoms with E-state index in [0.717, 1.165) is 17.8 Å². The smallest absolute Gasteiger partial charge is 0.281 e. The number of amides is 2. The zero-order chi connectivity index (χ0) is 29.5. The van der Waals surface area contributed by atoms with Crippen LogP contribution >= 0.6 is 0 Å². The van der Waals surface area contributed by atoms with Crippen molar-refractivity contribution in [2.75, 3.05) is 18.4 Å². The molecule has 2 N–H and O–H groups in total. The van der Waals surface area contributed by atoms with Crippen molar-refractivity contribution in [1.82, 2.24) is 14.6 Å². The third-order valence-electron chi connectivity index (χ3n) is 7.34. The van der Waals surface area contributed by atoms with Gasteiger partial charge in [0.2, 0.25) is 5.91 Å². The highest BCUT2D eigenvalue weighted by Gasteiger charge is 2.61. The van der Waals surface area contributed by atoms with Crippen molar-refractivity contribution in [2.45, 2.75) is 43.1 Å². The maximum absolute atomic E-state index is 13.7. The number of hydrogen-bond donors (Lipinski definition) is 2. The second kappa shape index (κ2) is 10.8. The number of hydrogen-bond acceptors (Lipinski definition) is 6. The van der Waals surface area contributed by atoms with Crippen LogP contribution in [0.4, 0.5) is 28.9 Å². The number of aryl methyl sites for hydroxylation is 1. The lowest BCUT2D eigenvalue weighted by molar-refractivity contribution is -0.122. The van der Waals surface area contributed by atoms with Crippen molar-refractivity contribution in [3.63, 3.8) is 0 Å². The maximum Gasteiger partial charge on any atom is 0.281 e. The van der Waals surface area contributed by atoms with Crippen LogP contribution in [0.2, 0.25) is 0 Å². The number of carbonyl (C=O) groups is 2. The van der Waals surface area contributed by atoms with Gasteiger partial charge in [-0.15, -0.1) is 0 Å². The normalized spacial score (nSPS) is 18.6. The molecule has 1 unspecified atom stereocenters. The van der Waals surface area contributed by atoms with E-state index < -0.39 is 50.9 Å². The summed E-state index contributed by atoms with van der Waals surface area (Å²) < 4.78 is 80.9. The van der Waals surface area contributed by atoms with Gasteiger partial charge in [-0.05, 0) is 67.1 Å². The molecular formula is C28H26F4N4O4S. The van der Waals surface area contributed by atoms with Gasteiger partial charge in [0.1, 0.15) is 17.6 Å². The molecule has 5 rings (SSSR count). The molecule has 1 aromatic heterocycles. The van der Waals surface area contributed by atoms with Crippen molar-refractivity contribution in [3.05, 3.63) is 83.1 Å². The number of halogens is 4. The highest BCUT2D eigenvalue weighted by atomic mass is 32.2. The summed E-state index contributed by atoms with van der Waals surface area (Å²) in [6.45, 7) is 2.37. The Kier molecular flexibility index (Phi) is 7.49. The Bertz CT molecular complexity index is 1610. The number of likely N-dealkylation sites (tertiary alicyclic amines) is 1. The monoisotopic (exact) mass is 590 g/mol. The van der Waals surface area contributed by atoms with Gasteiger partial charge in [0, 0.05) is 37.5 Å². The summed E-state index contributed by atoms with van der Waals surface area (Å²) in [5.74, 6) is -7.48. The van der Waals surface area contributed by atoms with Crippen LogP contribution < -0.4 is 10.0 Å². The first kappa shape index (κ1) is 28.5. The zero-order valence-electron chi connectivity index (χ0n) is 21.8. The number of alkyl halides is 2. The van der Waals surface area contributed by atoms with E-state index in [-0.39, 0.29) is 23.0 Å².